The fourth-order valence-electron chi connectivity index (χ4n) is 2.33. The second-order valence-corrected chi connectivity index (χ2v) is 9.29. The number of aromatic nitrogens is 3. The molecule has 132 valence electrons. The van der Waals surface area contributed by atoms with Crippen LogP contribution in [0, 0.1) is 6.92 Å². The molecule has 0 aromatic carbocycles. The number of rotatable bonds is 6. The molecule has 0 fully saturated rings. The second-order valence-electron chi connectivity index (χ2n) is 5.74. The topological polar surface area (TPSA) is 96.9 Å². The van der Waals surface area contributed by atoms with Gasteiger partial charge in [0, 0.05) is 46.2 Å². The molecule has 0 aliphatic heterocycles. The van der Waals surface area contributed by atoms with E-state index in [0.717, 1.165) is 10.4 Å². The largest absolute Gasteiger partial charge is 0.366 e. The molecule has 0 saturated carbocycles. The first-order valence-electron chi connectivity index (χ1n) is 7.58. The maximum absolute atomic E-state index is 12.5. The normalized spacial score (nSPS) is 11.6. The van der Waals surface area contributed by atoms with Gasteiger partial charge in [0.1, 0.15) is 9.84 Å². The summed E-state index contributed by atoms with van der Waals surface area (Å²) in [6.07, 6.45) is 6.27. The van der Waals surface area contributed by atoms with Crippen molar-refractivity contribution in [1.29, 1.82) is 0 Å². The molecule has 0 radical (unpaired) electrons. The summed E-state index contributed by atoms with van der Waals surface area (Å²) in [7, 11) is -3.06. The molecule has 0 atom stereocenters. The van der Waals surface area contributed by atoms with E-state index in [9.17, 15) is 13.2 Å². The summed E-state index contributed by atoms with van der Waals surface area (Å²) in [6, 6.07) is 5.64. The van der Waals surface area contributed by atoms with Crippen molar-refractivity contribution in [2.45, 2.75) is 13.5 Å². The molecule has 3 rings (SSSR count). The number of sulfone groups is 1. The number of aromatic amines is 1. The van der Waals surface area contributed by atoms with Gasteiger partial charge < -0.3 is 10.3 Å². The molecule has 0 bridgehead atoms. The first-order valence-corrected chi connectivity index (χ1v) is 10.5. The van der Waals surface area contributed by atoms with Crippen molar-refractivity contribution in [2.75, 3.05) is 17.3 Å². The van der Waals surface area contributed by atoms with Gasteiger partial charge in [0.15, 0.2) is 5.82 Å². The Hall–Kier alpha value is -2.39. The van der Waals surface area contributed by atoms with E-state index in [1.807, 2.05) is 19.1 Å². The van der Waals surface area contributed by atoms with E-state index in [-0.39, 0.29) is 18.2 Å². The molecule has 7 nitrogen and oxygen atoms in total. The van der Waals surface area contributed by atoms with Gasteiger partial charge in [0.05, 0.1) is 17.9 Å². The second kappa shape index (κ2) is 6.85. The van der Waals surface area contributed by atoms with Gasteiger partial charge in [-0.15, -0.1) is 11.3 Å². The van der Waals surface area contributed by atoms with Crippen LogP contribution >= 0.6 is 11.3 Å². The molecule has 9 heteroatoms. The van der Waals surface area contributed by atoms with Gasteiger partial charge in [-0.3, -0.25) is 9.48 Å². The van der Waals surface area contributed by atoms with Crippen LogP contribution in [-0.2, 0) is 16.4 Å². The van der Waals surface area contributed by atoms with Crippen LogP contribution in [0.25, 0.3) is 10.4 Å². The smallest absolute Gasteiger partial charge is 0.259 e. The van der Waals surface area contributed by atoms with E-state index < -0.39 is 9.84 Å². The Morgan fingerprint density at radius 3 is 2.80 bits per heavy atom. The van der Waals surface area contributed by atoms with Crippen molar-refractivity contribution in [3.05, 3.63) is 47.2 Å². The fraction of sp³-hybridized carbons (Fsp3) is 0.250. The summed E-state index contributed by atoms with van der Waals surface area (Å²) >= 11 is 1.62. The summed E-state index contributed by atoms with van der Waals surface area (Å²) in [5, 5.41) is 6.93. The molecule has 0 aliphatic rings. The van der Waals surface area contributed by atoms with Gasteiger partial charge >= 0.3 is 0 Å². The third kappa shape index (κ3) is 4.37. The molecule has 0 spiro atoms. The summed E-state index contributed by atoms with van der Waals surface area (Å²) < 4.78 is 23.9. The monoisotopic (exact) mass is 378 g/mol. The van der Waals surface area contributed by atoms with Gasteiger partial charge in [-0.2, -0.15) is 5.10 Å². The minimum absolute atomic E-state index is 0.00174. The van der Waals surface area contributed by atoms with E-state index in [2.05, 4.69) is 15.4 Å². The van der Waals surface area contributed by atoms with Crippen LogP contribution in [-0.4, -0.2) is 41.1 Å². The van der Waals surface area contributed by atoms with E-state index in [1.165, 1.54) is 15.8 Å². The van der Waals surface area contributed by atoms with Crippen molar-refractivity contribution >= 4 is 32.9 Å². The third-order valence-corrected chi connectivity index (χ3v) is 5.53. The average Bonchev–Trinajstić information content (AvgIpc) is 3.23. The summed E-state index contributed by atoms with van der Waals surface area (Å²) in [5.74, 6) is 0.116. The number of aryl methyl sites for hydroxylation is 2. The molecular formula is C16H18N4O3S2. The molecule has 0 aliphatic carbocycles. The molecular weight excluding hydrogens is 360 g/mol. The highest BCUT2D eigenvalue weighted by Gasteiger charge is 2.16. The van der Waals surface area contributed by atoms with Crippen molar-refractivity contribution in [3.8, 4) is 10.4 Å². The van der Waals surface area contributed by atoms with Gasteiger partial charge in [-0.25, -0.2) is 8.42 Å². The zero-order chi connectivity index (χ0) is 18.0. The Morgan fingerprint density at radius 1 is 1.32 bits per heavy atom. The van der Waals surface area contributed by atoms with Gasteiger partial charge in [0.25, 0.3) is 5.91 Å². The Labute approximate surface area is 149 Å². The number of nitrogens with zero attached hydrogens (tertiary/aromatic N) is 2. The highest BCUT2D eigenvalue weighted by atomic mass is 32.2. The molecule has 0 unspecified atom stereocenters. The summed E-state index contributed by atoms with van der Waals surface area (Å²) in [4.78, 5) is 17.7. The predicted molar refractivity (Wildman–Crippen MR) is 98.7 cm³/mol. The van der Waals surface area contributed by atoms with Gasteiger partial charge in [-0.05, 0) is 19.1 Å². The van der Waals surface area contributed by atoms with Crippen LogP contribution in [0.15, 0.2) is 36.8 Å². The van der Waals surface area contributed by atoms with Crippen molar-refractivity contribution < 1.29 is 13.2 Å². The Morgan fingerprint density at radius 2 is 2.12 bits per heavy atom. The molecule has 25 heavy (non-hydrogen) atoms. The Balaban J connectivity index is 1.71. The minimum Gasteiger partial charge on any atom is -0.366 e. The molecule has 3 heterocycles. The number of hydrogen-bond donors (Lipinski definition) is 2. The molecule has 2 N–H and O–H groups in total. The lowest BCUT2D eigenvalue weighted by molar-refractivity contribution is 0.102. The molecule has 3 aromatic rings. The number of amides is 1. The summed E-state index contributed by atoms with van der Waals surface area (Å²) in [5.41, 5.74) is 1.37. The third-order valence-electron chi connectivity index (χ3n) is 3.57. The molecule has 1 amide bonds. The number of hydrogen-bond acceptors (Lipinski definition) is 5. The molecule has 3 aromatic heterocycles. The van der Waals surface area contributed by atoms with Crippen molar-refractivity contribution in [1.82, 2.24) is 14.8 Å². The highest BCUT2D eigenvalue weighted by molar-refractivity contribution is 7.90. The van der Waals surface area contributed by atoms with Crippen LogP contribution in [0.5, 0.6) is 0 Å². The maximum Gasteiger partial charge on any atom is 0.259 e. The lowest BCUT2D eigenvalue weighted by Crippen LogP contribution is -2.14. The average molecular weight is 378 g/mol. The van der Waals surface area contributed by atoms with Gasteiger partial charge in [-0.1, -0.05) is 0 Å². The Bertz CT molecular complexity index is 998. The number of H-pyrrole nitrogens is 1. The zero-order valence-corrected chi connectivity index (χ0v) is 15.4. The fourth-order valence-corrected chi connectivity index (χ4v) is 3.75. The van der Waals surface area contributed by atoms with Crippen molar-refractivity contribution in [2.24, 2.45) is 0 Å². The van der Waals surface area contributed by atoms with Gasteiger partial charge in [0.2, 0.25) is 0 Å². The zero-order valence-electron chi connectivity index (χ0n) is 13.8. The van der Waals surface area contributed by atoms with Crippen LogP contribution in [0.1, 0.15) is 15.2 Å². The SMILES string of the molecule is Cc1ccc(-c2c[nH]cc2C(=O)Nc2ccn(CCS(C)(=O)=O)n2)s1. The lowest BCUT2D eigenvalue weighted by atomic mass is 10.1. The summed E-state index contributed by atoms with van der Waals surface area (Å²) in [6.45, 7) is 2.27. The number of anilines is 1. The van der Waals surface area contributed by atoms with Crippen LogP contribution in [0.2, 0.25) is 0 Å². The van der Waals surface area contributed by atoms with E-state index in [1.54, 1.807) is 36.0 Å². The minimum atomic E-state index is -3.06. The quantitative estimate of drug-likeness (QED) is 0.689. The highest BCUT2D eigenvalue weighted by Crippen LogP contribution is 2.30. The predicted octanol–water partition coefficient (Wildman–Crippen LogP) is 2.55. The number of nitrogens with one attached hydrogen (secondary N) is 2. The van der Waals surface area contributed by atoms with Crippen LogP contribution < -0.4 is 5.32 Å². The van der Waals surface area contributed by atoms with E-state index >= 15 is 0 Å². The van der Waals surface area contributed by atoms with Crippen LogP contribution in [0.4, 0.5) is 5.82 Å². The van der Waals surface area contributed by atoms with Crippen LogP contribution in [0.3, 0.4) is 0 Å². The standard InChI is InChI=1S/C16H18N4O3S2/c1-11-3-4-14(24-11)12-9-17-10-13(12)16(21)18-15-5-6-20(19-15)7-8-25(2,22)23/h3-6,9-10,17H,7-8H2,1-2H3,(H,18,19,21). The van der Waals surface area contributed by atoms with Crippen molar-refractivity contribution in [3.63, 3.8) is 0 Å². The number of carbonyl (C=O) groups is 1. The van der Waals surface area contributed by atoms with E-state index in [4.69, 9.17) is 0 Å². The Kier molecular flexibility index (Phi) is 4.78. The lowest BCUT2D eigenvalue weighted by Gasteiger charge is -2.03. The maximum atomic E-state index is 12.5. The molecule has 0 saturated heterocycles. The number of carbonyl (C=O) groups excluding carboxylic acids is 1. The first-order chi connectivity index (χ1) is 11.8. The number of thiophene rings is 1. The van der Waals surface area contributed by atoms with E-state index in [0.29, 0.717) is 11.4 Å². The first kappa shape index (κ1) is 17.4.